The lowest BCUT2D eigenvalue weighted by Gasteiger charge is -2.40. The fourth-order valence-electron chi connectivity index (χ4n) is 3.04. The lowest BCUT2D eigenvalue weighted by molar-refractivity contribution is -0.309. The molecule has 2 fully saturated rings. The third kappa shape index (κ3) is 5.57. The van der Waals surface area contributed by atoms with Gasteiger partial charge < -0.3 is 49.6 Å². The average molecular weight is 396 g/mol. The average Bonchev–Trinajstić information content (AvgIpc) is 2.95. The van der Waals surface area contributed by atoms with Crippen molar-refractivity contribution in [3.05, 3.63) is 0 Å². The van der Waals surface area contributed by atoms with Gasteiger partial charge in [-0.25, -0.2) is 0 Å². The molecule has 10 nitrogen and oxygen atoms in total. The smallest absolute Gasteiger partial charge is 0.186 e. The van der Waals surface area contributed by atoms with E-state index in [4.69, 9.17) is 24.1 Å². The molecule has 2 rings (SSSR count). The minimum Gasteiger partial charge on any atom is -0.393 e. The van der Waals surface area contributed by atoms with Crippen LogP contribution in [0.4, 0.5) is 0 Å². The highest BCUT2D eigenvalue weighted by Gasteiger charge is 2.50. The van der Waals surface area contributed by atoms with Gasteiger partial charge in [0.2, 0.25) is 0 Å². The van der Waals surface area contributed by atoms with Crippen molar-refractivity contribution in [2.24, 2.45) is 0 Å². The SMILES string of the molecule is CCCCCCO[C@@H]1O[C@H](CO[C@@H]2OC[C@](O)(CO)[C@H]2O)[C@@H](O)[C@H](O)[C@H]1O. The van der Waals surface area contributed by atoms with Crippen molar-refractivity contribution in [2.45, 2.75) is 81.3 Å². The Morgan fingerprint density at radius 1 is 0.963 bits per heavy atom. The summed E-state index contributed by atoms with van der Waals surface area (Å²) in [5.41, 5.74) is -1.82. The Hall–Kier alpha value is -0.400. The number of rotatable bonds is 10. The molecule has 160 valence electrons. The Bertz CT molecular complexity index is 438. The second-order valence-corrected chi connectivity index (χ2v) is 7.17. The van der Waals surface area contributed by atoms with E-state index in [2.05, 4.69) is 6.92 Å². The summed E-state index contributed by atoms with van der Waals surface area (Å²) in [6.45, 7) is 1.13. The van der Waals surface area contributed by atoms with Crippen LogP contribution in [0.2, 0.25) is 0 Å². The summed E-state index contributed by atoms with van der Waals surface area (Å²) in [6.07, 6.45) is -5.30. The van der Waals surface area contributed by atoms with Crippen molar-refractivity contribution < 1.29 is 49.6 Å². The van der Waals surface area contributed by atoms with Crippen LogP contribution in [0.15, 0.2) is 0 Å². The van der Waals surface area contributed by atoms with Crippen LogP contribution in [-0.2, 0) is 18.9 Å². The zero-order chi connectivity index (χ0) is 20.0. The molecular formula is C17H32O10. The molecule has 2 aliphatic rings. The van der Waals surface area contributed by atoms with Crippen molar-refractivity contribution in [1.82, 2.24) is 0 Å². The second kappa shape index (κ2) is 10.4. The van der Waals surface area contributed by atoms with E-state index in [1.165, 1.54) is 0 Å². The van der Waals surface area contributed by atoms with Gasteiger partial charge in [-0.1, -0.05) is 26.2 Å². The van der Waals surface area contributed by atoms with E-state index in [1.807, 2.05) is 0 Å². The highest BCUT2D eigenvalue weighted by molar-refractivity contribution is 4.94. The summed E-state index contributed by atoms with van der Waals surface area (Å²) in [4.78, 5) is 0. The van der Waals surface area contributed by atoms with Crippen molar-refractivity contribution in [3.63, 3.8) is 0 Å². The number of aliphatic hydroxyl groups excluding tert-OH is 5. The molecule has 0 radical (unpaired) electrons. The summed E-state index contributed by atoms with van der Waals surface area (Å²) >= 11 is 0. The van der Waals surface area contributed by atoms with E-state index >= 15 is 0 Å². The van der Waals surface area contributed by atoms with E-state index in [-0.39, 0.29) is 13.2 Å². The fraction of sp³-hybridized carbons (Fsp3) is 1.00. The van der Waals surface area contributed by atoms with Crippen LogP contribution in [0.1, 0.15) is 32.6 Å². The third-order valence-corrected chi connectivity index (χ3v) is 4.95. The first kappa shape index (κ1) is 22.9. The molecule has 8 atom stereocenters. The van der Waals surface area contributed by atoms with Gasteiger partial charge in [0, 0.05) is 6.61 Å². The number of aliphatic hydroxyl groups is 6. The van der Waals surface area contributed by atoms with Gasteiger partial charge in [0.25, 0.3) is 0 Å². The summed E-state index contributed by atoms with van der Waals surface area (Å²) in [5, 5.41) is 59.1. The topological polar surface area (TPSA) is 158 Å². The fourth-order valence-corrected chi connectivity index (χ4v) is 3.04. The maximum atomic E-state index is 10.1. The molecule has 0 unspecified atom stereocenters. The van der Waals surface area contributed by atoms with Crippen LogP contribution >= 0.6 is 0 Å². The second-order valence-electron chi connectivity index (χ2n) is 7.17. The van der Waals surface area contributed by atoms with Crippen LogP contribution in [0.25, 0.3) is 0 Å². The van der Waals surface area contributed by atoms with Gasteiger partial charge in [-0.2, -0.15) is 0 Å². The van der Waals surface area contributed by atoms with E-state index in [0.29, 0.717) is 6.61 Å². The minimum atomic E-state index is -1.82. The largest absolute Gasteiger partial charge is 0.393 e. The molecule has 27 heavy (non-hydrogen) atoms. The van der Waals surface area contributed by atoms with E-state index in [9.17, 15) is 25.5 Å². The number of hydrogen-bond donors (Lipinski definition) is 6. The van der Waals surface area contributed by atoms with Gasteiger partial charge in [0.1, 0.15) is 36.1 Å². The predicted octanol–water partition coefficient (Wildman–Crippen LogP) is -2.15. The monoisotopic (exact) mass is 396 g/mol. The maximum Gasteiger partial charge on any atom is 0.186 e. The lowest BCUT2D eigenvalue weighted by atomic mass is 9.99. The number of hydrogen-bond acceptors (Lipinski definition) is 10. The van der Waals surface area contributed by atoms with Crippen molar-refractivity contribution in [1.29, 1.82) is 0 Å². The Labute approximate surface area is 158 Å². The standard InChI is InChI=1S/C17H32O10/c1-2-3-4-5-6-24-15-13(21)12(20)11(19)10(27-15)7-25-16-14(22)17(23,8-18)9-26-16/h10-16,18-23H,2-9H2,1H3/t10-,11-,12+,13-,14+,15-,16-,17-/m1/s1. The normalized spacial score (nSPS) is 42.6. The van der Waals surface area contributed by atoms with Crippen molar-refractivity contribution >= 4 is 0 Å². The molecule has 2 aliphatic heterocycles. The summed E-state index contributed by atoms with van der Waals surface area (Å²) in [7, 11) is 0. The highest BCUT2D eigenvalue weighted by atomic mass is 16.7. The van der Waals surface area contributed by atoms with E-state index in [1.54, 1.807) is 0 Å². The summed E-state index contributed by atoms with van der Waals surface area (Å²) < 4.78 is 21.4. The van der Waals surface area contributed by atoms with Crippen LogP contribution in [0.3, 0.4) is 0 Å². The highest BCUT2D eigenvalue weighted by Crippen LogP contribution is 2.27. The van der Waals surface area contributed by atoms with Crippen molar-refractivity contribution in [3.8, 4) is 0 Å². The van der Waals surface area contributed by atoms with Gasteiger partial charge in [-0.3, -0.25) is 0 Å². The molecule has 0 spiro atoms. The van der Waals surface area contributed by atoms with Gasteiger partial charge in [0.15, 0.2) is 12.6 Å². The molecule has 0 amide bonds. The van der Waals surface area contributed by atoms with Gasteiger partial charge in [0.05, 0.1) is 19.8 Å². The molecule has 6 N–H and O–H groups in total. The van der Waals surface area contributed by atoms with Crippen LogP contribution in [0, 0.1) is 0 Å². The summed E-state index contributed by atoms with van der Waals surface area (Å²) in [6, 6.07) is 0. The molecule has 2 heterocycles. The molecule has 0 aromatic carbocycles. The van der Waals surface area contributed by atoms with Crippen molar-refractivity contribution in [2.75, 3.05) is 26.4 Å². The third-order valence-electron chi connectivity index (χ3n) is 4.95. The van der Waals surface area contributed by atoms with Crippen LogP contribution in [-0.4, -0.2) is 106 Å². The van der Waals surface area contributed by atoms with E-state index < -0.39 is 55.3 Å². The Kier molecular flexibility index (Phi) is 8.81. The van der Waals surface area contributed by atoms with Gasteiger partial charge >= 0.3 is 0 Å². The lowest BCUT2D eigenvalue weighted by Crippen LogP contribution is -2.59. The molecule has 2 saturated heterocycles. The minimum absolute atomic E-state index is 0.288. The van der Waals surface area contributed by atoms with E-state index in [0.717, 1.165) is 25.7 Å². The maximum absolute atomic E-state index is 10.1. The van der Waals surface area contributed by atoms with Gasteiger partial charge in [-0.05, 0) is 6.42 Å². The summed E-state index contributed by atoms with van der Waals surface area (Å²) in [5.74, 6) is 0. The van der Waals surface area contributed by atoms with Crippen LogP contribution < -0.4 is 0 Å². The number of unbranched alkanes of at least 4 members (excludes halogenated alkanes) is 3. The molecule has 0 bridgehead atoms. The first-order chi connectivity index (χ1) is 12.8. The first-order valence-electron chi connectivity index (χ1n) is 9.39. The Morgan fingerprint density at radius 3 is 2.33 bits per heavy atom. The number of ether oxygens (including phenoxy) is 4. The predicted molar refractivity (Wildman–Crippen MR) is 90.5 cm³/mol. The van der Waals surface area contributed by atoms with Gasteiger partial charge in [-0.15, -0.1) is 0 Å². The zero-order valence-corrected chi connectivity index (χ0v) is 15.5. The first-order valence-corrected chi connectivity index (χ1v) is 9.39. The Balaban J connectivity index is 1.84. The zero-order valence-electron chi connectivity index (χ0n) is 15.5. The quantitative estimate of drug-likeness (QED) is 0.225. The van der Waals surface area contributed by atoms with Crippen LogP contribution in [0.5, 0.6) is 0 Å². The molecule has 0 aromatic rings. The molecular weight excluding hydrogens is 364 g/mol. The molecule has 10 heteroatoms. The molecule has 0 aliphatic carbocycles. The Morgan fingerprint density at radius 2 is 1.70 bits per heavy atom. The molecule has 0 saturated carbocycles. The molecule has 0 aromatic heterocycles.